The van der Waals surface area contributed by atoms with Crippen molar-refractivity contribution in [2.45, 2.75) is 44.1 Å². The Balaban J connectivity index is 2.09. The Kier molecular flexibility index (Phi) is 5.20. The van der Waals surface area contributed by atoms with E-state index in [1.165, 1.54) is 18.2 Å². The minimum atomic E-state index is -1.22. The van der Waals surface area contributed by atoms with E-state index in [2.05, 4.69) is 5.32 Å². The van der Waals surface area contributed by atoms with E-state index in [1.54, 1.807) is 0 Å². The predicted octanol–water partition coefficient (Wildman–Crippen LogP) is 2.69. The third-order valence-electron chi connectivity index (χ3n) is 4.09. The molecule has 7 nitrogen and oxygen atoms in total. The first-order valence-electron chi connectivity index (χ1n) is 7.31. The van der Waals surface area contributed by atoms with Gasteiger partial charge in [0.05, 0.1) is 16.4 Å². The maximum atomic E-state index is 12.2. The van der Waals surface area contributed by atoms with Gasteiger partial charge in [0.15, 0.2) is 0 Å². The van der Waals surface area contributed by atoms with Crippen LogP contribution in [-0.4, -0.2) is 27.4 Å². The second kappa shape index (κ2) is 6.95. The standard InChI is InChI=1S/C15H17ClN2O5/c16-12-9-11(18(22)23)5-4-10(12)8-13(19)17-15(14(20)21)6-2-1-3-7-15/h4-5,9H,1-3,6-8H2,(H,17,19)(H,20,21). The molecule has 0 bridgehead atoms. The fraction of sp³-hybridized carbons (Fsp3) is 0.467. The summed E-state index contributed by atoms with van der Waals surface area (Å²) in [5.74, 6) is -1.48. The molecule has 1 amide bonds. The van der Waals surface area contributed by atoms with E-state index in [9.17, 15) is 24.8 Å². The highest BCUT2D eigenvalue weighted by Crippen LogP contribution is 2.29. The largest absolute Gasteiger partial charge is 0.480 e. The molecular weight excluding hydrogens is 324 g/mol. The molecule has 0 aliphatic heterocycles. The number of non-ortho nitro benzene ring substituents is 1. The molecule has 0 spiro atoms. The number of carbonyl (C=O) groups is 2. The van der Waals surface area contributed by atoms with Crippen LogP contribution in [0.1, 0.15) is 37.7 Å². The number of carboxylic acid groups (broad SMARTS) is 1. The van der Waals surface area contributed by atoms with Gasteiger partial charge in [0.1, 0.15) is 5.54 Å². The van der Waals surface area contributed by atoms with Crippen LogP contribution < -0.4 is 5.32 Å². The molecule has 2 N–H and O–H groups in total. The number of carboxylic acids is 1. The average Bonchev–Trinajstić information content (AvgIpc) is 2.49. The first kappa shape index (κ1) is 17.2. The van der Waals surface area contributed by atoms with E-state index in [0.717, 1.165) is 19.3 Å². The fourth-order valence-corrected chi connectivity index (χ4v) is 3.07. The highest BCUT2D eigenvalue weighted by molar-refractivity contribution is 6.31. The molecule has 0 unspecified atom stereocenters. The molecule has 1 saturated carbocycles. The van der Waals surface area contributed by atoms with Crippen LogP contribution in [0.25, 0.3) is 0 Å². The van der Waals surface area contributed by atoms with Gasteiger partial charge in [0, 0.05) is 12.1 Å². The molecule has 1 fully saturated rings. The second-order valence-electron chi connectivity index (χ2n) is 5.71. The Morgan fingerprint density at radius 1 is 1.30 bits per heavy atom. The van der Waals surface area contributed by atoms with E-state index in [0.29, 0.717) is 18.4 Å². The Morgan fingerprint density at radius 2 is 1.96 bits per heavy atom. The summed E-state index contributed by atoms with van der Waals surface area (Å²) in [7, 11) is 0. The minimum Gasteiger partial charge on any atom is -0.480 e. The molecule has 0 atom stereocenters. The Labute approximate surface area is 137 Å². The van der Waals surface area contributed by atoms with Crippen LogP contribution in [-0.2, 0) is 16.0 Å². The average molecular weight is 341 g/mol. The third kappa shape index (κ3) is 3.98. The quantitative estimate of drug-likeness (QED) is 0.632. The van der Waals surface area contributed by atoms with E-state index >= 15 is 0 Å². The molecule has 1 aromatic rings. The number of nitrogens with one attached hydrogen (secondary N) is 1. The first-order chi connectivity index (χ1) is 10.8. The van der Waals surface area contributed by atoms with Gasteiger partial charge in [0.25, 0.3) is 5.69 Å². The highest BCUT2D eigenvalue weighted by atomic mass is 35.5. The molecular formula is C15H17ClN2O5. The molecule has 23 heavy (non-hydrogen) atoms. The topological polar surface area (TPSA) is 110 Å². The van der Waals surface area contributed by atoms with Crippen LogP contribution in [0.4, 0.5) is 5.69 Å². The summed E-state index contributed by atoms with van der Waals surface area (Å²) in [4.78, 5) is 33.8. The Morgan fingerprint density at radius 3 is 2.48 bits per heavy atom. The summed E-state index contributed by atoms with van der Waals surface area (Å²) in [5, 5.41) is 22.8. The molecule has 2 rings (SSSR count). The van der Waals surface area contributed by atoms with E-state index in [-0.39, 0.29) is 17.1 Å². The lowest BCUT2D eigenvalue weighted by Crippen LogP contribution is -2.56. The van der Waals surface area contributed by atoms with Crippen LogP contribution in [0.2, 0.25) is 5.02 Å². The Bertz CT molecular complexity index is 641. The molecule has 0 heterocycles. The zero-order valence-corrected chi connectivity index (χ0v) is 13.1. The summed E-state index contributed by atoms with van der Waals surface area (Å²) in [5.41, 5.74) is -0.956. The molecule has 0 aromatic heterocycles. The SMILES string of the molecule is O=C(Cc1ccc([N+](=O)[O-])cc1Cl)NC1(C(=O)O)CCCCC1. The van der Waals surface area contributed by atoms with Crippen molar-refractivity contribution in [1.29, 1.82) is 0 Å². The maximum absolute atomic E-state index is 12.2. The van der Waals surface area contributed by atoms with E-state index in [1.807, 2.05) is 0 Å². The summed E-state index contributed by atoms with van der Waals surface area (Å²) in [6.45, 7) is 0. The number of amides is 1. The molecule has 1 aliphatic rings. The molecule has 124 valence electrons. The third-order valence-corrected chi connectivity index (χ3v) is 4.45. The summed E-state index contributed by atoms with van der Waals surface area (Å²) in [6, 6.07) is 3.86. The number of rotatable bonds is 5. The van der Waals surface area contributed by atoms with E-state index in [4.69, 9.17) is 11.6 Å². The Hall–Kier alpha value is -2.15. The number of nitrogens with zero attached hydrogens (tertiary/aromatic N) is 1. The van der Waals surface area contributed by atoms with E-state index < -0.39 is 22.3 Å². The first-order valence-corrected chi connectivity index (χ1v) is 7.69. The van der Waals surface area contributed by atoms with Crippen LogP contribution in [0.15, 0.2) is 18.2 Å². The smallest absolute Gasteiger partial charge is 0.329 e. The highest BCUT2D eigenvalue weighted by Gasteiger charge is 2.40. The van der Waals surface area contributed by atoms with Gasteiger partial charge in [-0.25, -0.2) is 4.79 Å². The van der Waals surface area contributed by atoms with Gasteiger partial charge < -0.3 is 10.4 Å². The number of benzene rings is 1. The van der Waals surface area contributed by atoms with Crippen molar-refractivity contribution in [2.75, 3.05) is 0 Å². The number of hydrogen-bond acceptors (Lipinski definition) is 4. The van der Waals surface area contributed by atoms with Gasteiger partial charge in [0.2, 0.25) is 5.91 Å². The number of hydrogen-bond donors (Lipinski definition) is 2. The van der Waals surface area contributed by atoms with Crippen molar-refractivity contribution < 1.29 is 19.6 Å². The van der Waals surface area contributed by atoms with Crippen LogP contribution in [0, 0.1) is 10.1 Å². The number of carbonyl (C=O) groups excluding carboxylic acids is 1. The lowest BCUT2D eigenvalue weighted by Gasteiger charge is -2.34. The second-order valence-corrected chi connectivity index (χ2v) is 6.11. The van der Waals surface area contributed by atoms with Gasteiger partial charge in [-0.3, -0.25) is 14.9 Å². The summed E-state index contributed by atoms with van der Waals surface area (Å²) in [6.07, 6.45) is 3.16. The van der Waals surface area contributed by atoms with Crippen molar-refractivity contribution in [2.24, 2.45) is 0 Å². The van der Waals surface area contributed by atoms with Gasteiger partial charge in [-0.05, 0) is 18.4 Å². The monoisotopic (exact) mass is 340 g/mol. The molecule has 8 heteroatoms. The lowest BCUT2D eigenvalue weighted by atomic mass is 9.81. The number of aliphatic carboxylic acids is 1. The summed E-state index contributed by atoms with van der Waals surface area (Å²) < 4.78 is 0. The van der Waals surface area contributed by atoms with Crippen LogP contribution in [0.5, 0.6) is 0 Å². The minimum absolute atomic E-state index is 0.113. The lowest BCUT2D eigenvalue weighted by molar-refractivity contribution is -0.384. The summed E-state index contributed by atoms with van der Waals surface area (Å²) >= 11 is 5.96. The molecule has 1 aromatic carbocycles. The van der Waals surface area contributed by atoms with Gasteiger partial charge in [-0.2, -0.15) is 0 Å². The molecule has 0 radical (unpaired) electrons. The predicted molar refractivity (Wildman–Crippen MR) is 83.4 cm³/mol. The molecule has 0 saturated heterocycles. The fourth-order valence-electron chi connectivity index (χ4n) is 2.82. The number of halogens is 1. The van der Waals surface area contributed by atoms with Crippen molar-refractivity contribution in [3.8, 4) is 0 Å². The van der Waals surface area contributed by atoms with Crippen LogP contribution in [0.3, 0.4) is 0 Å². The normalized spacial score (nSPS) is 16.6. The van der Waals surface area contributed by atoms with Crippen molar-refractivity contribution in [1.82, 2.24) is 5.32 Å². The zero-order valence-electron chi connectivity index (χ0n) is 12.4. The van der Waals surface area contributed by atoms with Gasteiger partial charge >= 0.3 is 5.97 Å². The van der Waals surface area contributed by atoms with Crippen molar-refractivity contribution in [3.63, 3.8) is 0 Å². The van der Waals surface area contributed by atoms with Crippen molar-refractivity contribution in [3.05, 3.63) is 38.9 Å². The molecule has 1 aliphatic carbocycles. The van der Waals surface area contributed by atoms with Crippen molar-refractivity contribution >= 4 is 29.2 Å². The number of nitro benzene ring substituents is 1. The van der Waals surface area contributed by atoms with Gasteiger partial charge in [-0.1, -0.05) is 36.9 Å². The zero-order chi connectivity index (χ0) is 17.0. The van der Waals surface area contributed by atoms with Crippen LogP contribution >= 0.6 is 11.6 Å². The van der Waals surface area contributed by atoms with Gasteiger partial charge in [-0.15, -0.1) is 0 Å². The number of nitro groups is 1. The maximum Gasteiger partial charge on any atom is 0.329 e.